The van der Waals surface area contributed by atoms with Crippen LogP contribution in [0.4, 0.5) is 0 Å². The zero-order chi connectivity index (χ0) is 11.1. The Morgan fingerprint density at radius 2 is 2.13 bits per heavy atom. The lowest BCUT2D eigenvalue weighted by Gasteiger charge is -2.21. The molecule has 0 aliphatic carbocycles. The van der Waals surface area contributed by atoms with E-state index in [1.165, 1.54) is 30.7 Å². The van der Waals surface area contributed by atoms with Crippen molar-refractivity contribution in [2.45, 2.75) is 59.4 Å². The van der Waals surface area contributed by atoms with Crippen LogP contribution in [0.2, 0.25) is 0 Å². The second-order valence-electron chi connectivity index (χ2n) is 5.88. The molecule has 0 fully saturated rings. The molecule has 84 valence electrons. The van der Waals surface area contributed by atoms with Gasteiger partial charge in [-0.25, -0.2) is 0 Å². The van der Waals surface area contributed by atoms with Gasteiger partial charge < -0.3 is 0 Å². The van der Waals surface area contributed by atoms with Crippen LogP contribution in [-0.2, 0) is 13.0 Å². The van der Waals surface area contributed by atoms with Gasteiger partial charge in [-0.15, -0.1) is 0 Å². The molecule has 2 heteroatoms. The monoisotopic (exact) mass is 206 g/mol. The molecule has 0 unspecified atom stereocenters. The molecular formula is C13H22N2. The van der Waals surface area contributed by atoms with Crippen molar-refractivity contribution in [1.29, 1.82) is 0 Å². The fraction of sp³-hybridized carbons (Fsp3) is 0.769. The predicted molar refractivity (Wildman–Crippen MR) is 63.0 cm³/mol. The number of hydrogen-bond donors (Lipinski definition) is 0. The maximum atomic E-state index is 4.69. The third-order valence-corrected chi connectivity index (χ3v) is 3.36. The lowest BCUT2D eigenvalue weighted by atomic mass is 9.84. The van der Waals surface area contributed by atoms with Crippen LogP contribution in [0.15, 0.2) is 6.07 Å². The van der Waals surface area contributed by atoms with Crippen LogP contribution in [0.1, 0.15) is 57.8 Å². The molecule has 0 amide bonds. The molecule has 0 saturated heterocycles. The molecule has 15 heavy (non-hydrogen) atoms. The molecule has 0 spiro atoms. The van der Waals surface area contributed by atoms with Gasteiger partial charge in [-0.1, -0.05) is 27.7 Å². The van der Waals surface area contributed by atoms with Crippen LogP contribution in [-0.4, -0.2) is 9.78 Å². The highest BCUT2D eigenvalue weighted by Crippen LogP contribution is 2.31. The SMILES string of the molecule is CC(C)c1cc2n(n1)CCCC(C)(C)C2. The highest BCUT2D eigenvalue weighted by atomic mass is 15.3. The van der Waals surface area contributed by atoms with Gasteiger partial charge in [0, 0.05) is 12.2 Å². The van der Waals surface area contributed by atoms with Gasteiger partial charge in [-0.2, -0.15) is 5.10 Å². The third-order valence-electron chi connectivity index (χ3n) is 3.36. The Kier molecular flexibility index (Phi) is 2.61. The maximum absolute atomic E-state index is 4.69. The molecule has 1 aliphatic rings. The van der Waals surface area contributed by atoms with E-state index in [-0.39, 0.29) is 0 Å². The van der Waals surface area contributed by atoms with E-state index in [0.29, 0.717) is 11.3 Å². The van der Waals surface area contributed by atoms with E-state index in [2.05, 4.69) is 38.4 Å². The largest absolute Gasteiger partial charge is 0.269 e. The van der Waals surface area contributed by atoms with Gasteiger partial charge in [-0.3, -0.25) is 4.68 Å². The molecule has 0 radical (unpaired) electrons. The first kappa shape index (κ1) is 10.7. The van der Waals surface area contributed by atoms with Gasteiger partial charge in [0.1, 0.15) is 0 Å². The minimum Gasteiger partial charge on any atom is -0.269 e. The van der Waals surface area contributed by atoms with Crippen LogP contribution < -0.4 is 0 Å². The minimum absolute atomic E-state index is 0.447. The van der Waals surface area contributed by atoms with Gasteiger partial charge in [-0.05, 0) is 36.7 Å². The van der Waals surface area contributed by atoms with Gasteiger partial charge in [0.25, 0.3) is 0 Å². The molecule has 0 N–H and O–H groups in total. The summed E-state index contributed by atoms with van der Waals surface area (Å²) in [5, 5.41) is 4.69. The van der Waals surface area contributed by atoms with E-state index < -0.39 is 0 Å². The first-order valence-corrected chi connectivity index (χ1v) is 6.04. The van der Waals surface area contributed by atoms with Crippen LogP contribution >= 0.6 is 0 Å². The van der Waals surface area contributed by atoms with Crippen molar-refractivity contribution in [3.05, 3.63) is 17.5 Å². The molecule has 2 rings (SSSR count). The van der Waals surface area contributed by atoms with Crippen molar-refractivity contribution in [2.24, 2.45) is 5.41 Å². The van der Waals surface area contributed by atoms with Crippen molar-refractivity contribution in [2.75, 3.05) is 0 Å². The van der Waals surface area contributed by atoms with Gasteiger partial charge in [0.15, 0.2) is 0 Å². The summed E-state index contributed by atoms with van der Waals surface area (Å²) in [6.07, 6.45) is 3.75. The molecule has 0 bridgehead atoms. The van der Waals surface area contributed by atoms with Crippen LogP contribution in [0.25, 0.3) is 0 Å². The van der Waals surface area contributed by atoms with Crippen molar-refractivity contribution >= 4 is 0 Å². The summed E-state index contributed by atoms with van der Waals surface area (Å²) in [4.78, 5) is 0. The Balaban J connectivity index is 2.31. The number of nitrogens with zero attached hydrogens (tertiary/aromatic N) is 2. The second-order valence-corrected chi connectivity index (χ2v) is 5.88. The van der Waals surface area contributed by atoms with E-state index in [1.54, 1.807) is 0 Å². The van der Waals surface area contributed by atoms with Gasteiger partial charge >= 0.3 is 0 Å². The smallest absolute Gasteiger partial charge is 0.0652 e. The average Bonchev–Trinajstić information content (AvgIpc) is 2.42. The molecule has 0 atom stereocenters. The summed E-state index contributed by atoms with van der Waals surface area (Å²) < 4.78 is 2.23. The number of aromatic nitrogens is 2. The number of aryl methyl sites for hydroxylation is 1. The molecule has 0 saturated carbocycles. The zero-order valence-corrected chi connectivity index (χ0v) is 10.4. The molecule has 2 nitrogen and oxygen atoms in total. The van der Waals surface area contributed by atoms with E-state index in [0.717, 1.165) is 6.54 Å². The van der Waals surface area contributed by atoms with Gasteiger partial charge in [0.05, 0.1) is 5.69 Å². The van der Waals surface area contributed by atoms with Gasteiger partial charge in [0.2, 0.25) is 0 Å². The number of hydrogen-bond acceptors (Lipinski definition) is 1. The molecular weight excluding hydrogens is 184 g/mol. The topological polar surface area (TPSA) is 17.8 Å². The normalized spacial score (nSPS) is 20.1. The lowest BCUT2D eigenvalue weighted by Crippen LogP contribution is -2.13. The van der Waals surface area contributed by atoms with E-state index >= 15 is 0 Å². The fourth-order valence-corrected chi connectivity index (χ4v) is 2.38. The highest BCUT2D eigenvalue weighted by Gasteiger charge is 2.24. The van der Waals surface area contributed by atoms with Crippen molar-refractivity contribution in [3.63, 3.8) is 0 Å². The summed E-state index contributed by atoms with van der Waals surface area (Å²) in [5.74, 6) is 0.549. The van der Waals surface area contributed by atoms with E-state index in [4.69, 9.17) is 5.10 Å². The Hall–Kier alpha value is -0.790. The van der Waals surface area contributed by atoms with Crippen LogP contribution in [0, 0.1) is 5.41 Å². The summed E-state index contributed by atoms with van der Waals surface area (Å²) in [7, 11) is 0. The summed E-state index contributed by atoms with van der Waals surface area (Å²) in [6, 6.07) is 2.30. The molecule has 1 aliphatic heterocycles. The van der Waals surface area contributed by atoms with Crippen molar-refractivity contribution in [1.82, 2.24) is 9.78 Å². The molecule has 1 aromatic heterocycles. The lowest BCUT2D eigenvalue weighted by molar-refractivity contribution is 0.332. The Labute approximate surface area is 92.7 Å². The Morgan fingerprint density at radius 1 is 1.40 bits per heavy atom. The van der Waals surface area contributed by atoms with E-state index in [9.17, 15) is 0 Å². The summed E-state index contributed by atoms with van der Waals surface area (Å²) in [6.45, 7) is 10.3. The molecule has 0 aromatic carbocycles. The molecule has 2 heterocycles. The Morgan fingerprint density at radius 3 is 2.80 bits per heavy atom. The van der Waals surface area contributed by atoms with Crippen molar-refractivity contribution < 1.29 is 0 Å². The standard InChI is InChI=1S/C13H22N2/c1-10(2)12-8-11-9-13(3,4)6-5-7-15(11)14-12/h8,10H,5-7,9H2,1-4H3. The van der Waals surface area contributed by atoms with Crippen LogP contribution in [0.3, 0.4) is 0 Å². The number of fused-ring (bicyclic) bond motifs is 1. The first-order valence-electron chi connectivity index (χ1n) is 6.04. The summed E-state index contributed by atoms with van der Waals surface area (Å²) >= 11 is 0. The summed E-state index contributed by atoms with van der Waals surface area (Å²) in [5.41, 5.74) is 3.13. The Bertz CT molecular complexity index is 347. The highest BCUT2D eigenvalue weighted by molar-refractivity contribution is 5.15. The molecule has 1 aromatic rings. The second kappa shape index (κ2) is 3.66. The quantitative estimate of drug-likeness (QED) is 0.689. The zero-order valence-electron chi connectivity index (χ0n) is 10.4. The maximum Gasteiger partial charge on any atom is 0.0652 e. The average molecular weight is 206 g/mol. The third kappa shape index (κ3) is 2.24. The fourth-order valence-electron chi connectivity index (χ4n) is 2.38. The predicted octanol–water partition coefficient (Wildman–Crippen LogP) is 3.37. The van der Waals surface area contributed by atoms with Crippen molar-refractivity contribution in [3.8, 4) is 0 Å². The van der Waals surface area contributed by atoms with E-state index in [1.807, 2.05) is 0 Å². The minimum atomic E-state index is 0.447. The number of rotatable bonds is 1. The van der Waals surface area contributed by atoms with Crippen LogP contribution in [0.5, 0.6) is 0 Å². The first-order chi connectivity index (χ1) is 6.98.